The fourth-order valence-electron chi connectivity index (χ4n) is 6.30. The Labute approximate surface area is 316 Å². The number of hydrogen-bond donors (Lipinski definition) is 0. The summed E-state index contributed by atoms with van der Waals surface area (Å²) in [5.74, 6) is -0.261. The molecule has 0 fully saturated rings. The monoisotopic (exact) mass is 728 g/mol. The molecule has 0 aliphatic heterocycles. The van der Waals surface area contributed by atoms with Crippen LogP contribution in [0.15, 0.2) is 0 Å². The molecule has 0 aromatic rings. The van der Waals surface area contributed by atoms with Crippen molar-refractivity contribution in [3.8, 4) is 0 Å². The van der Waals surface area contributed by atoms with E-state index in [1.807, 2.05) is 0 Å². The van der Waals surface area contributed by atoms with E-state index in [-0.39, 0.29) is 31.4 Å². The first-order valence-corrected chi connectivity index (χ1v) is 21.9. The van der Waals surface area contributed by atoms with Crippen LogP contribution in [0.3, 0.4) is 0 Å². The van der Waals surface area contributed by atoms with Crippen molar-refractivity contribution in [2.45, 2.75) is 220 Å². The maximum Gasteiger partial charge on any atom is 0.508 e. The van der Waals surface area contributed by atoms with Crippen LogP contribution in [0.5, 0.6) is 0 Å². The molecule has 0 N–H and O–H groups in total. The molecule has 0 heterocycles. The van der Waals surface area contributed by atoms with Crippen molar-refractivity contribution in [3.05, 3.63) is 0 Å². The van der Waals surface area contributed by atoms with Crippen molar-refractivity contribution in [1.29, 1.82) is 0 Å². The van der Waals surface area contributed by atoms with Crippen molar-refractivity contribution in [1.82, 2.24) is 4.90 Å². The molecule has 1 unspecified atom stereocenters. The maximum absolute atomic E-state index is 12.8. The molecular weight excluding hydrogens is 642 g/mol. The highest BCUT2D eigenvalue weighted by Crippen LogP contribution is 2.16. The summed E-state index contributed by atoms with van der Waals surface area (Å²) in [6.07, 6.45) is 28.4. The van der Waals surface area contributed by atoms with E-state index in [4.69, 9.17) is 23.7 Å². The first-order valence-electron chi connectivity index (χ1n) is 21.9. The van der Waals surface area contributed by atoms with Crippen LogP contribution in [0.2, 0.25) is 0 Å². The van der Waals surface area contributed by atoms with Gasteiger partial charge in [0.15, 0.2) is 6.29 Å². The van der Waals surface area contributed by atoms with E-state index in [0.717, 1.165) is 58.2 Å². The predicted octanol–water partition coefficient (Wildman–Crippen LogP) is 12.3. The summed E-state index contributed by atoms with van der Waals surface area (Å²) in [6.45, 7) is 15.7. The molecule has 0 saturated carbocycles. The third-order valence-corrected chi connectivity index (χ3v) is 9.77. The van der Waals surface area contributed by atoms with Crippen molar-refractivity contribution >= 4 is 12.1 Å². The number of nitrogens with zero attached hydrogens (tertiary/aromatic N) is 1. The molecule has 0 saturated heterocycles. The van der Waals surface area contributed by atoms with Gasteiger partial charge in [0.2, 0.25) is 0 Å². The van der Waals surface area contributed by atoms with Crippen molar-refractivity contribution in [2.24, 2.45) is 0 Å². The Hall–Kier alpha value is -1.38. The lowest BCUT2D eigenvalue weighted by atomic mass is 10.0. The number of ether oxygens (including phenoxy) is 5. The Morgan fingerprint density at radius 3 is 1.43 bits per heavy atom. The highest BCUT2D eigenvalue weighted by Gasteiger charge is 2.18. The summed E-state index contributed by atoms with van der Waals surface area (Å²) < 4.78 is 29.0. The second kappa shape index (κ2) is 39.8. The Kier molecular flexibility index (Phi) is 38.7. The van der Waals surface area contributed by atoms with Gasteiger partial charge in [-0.1, -0.05) is 157 Å². The fourth-order valence-corrected chi connectivity index (χ4v) is 6.30. The zero-order chi connectivity index (χ0) is 37.5. The first kappa shape index (κ1) is 49.6. The van der Waals surface area contributed by atoms with Crippen LogP contribution in [0, 0.1) is 0 Å². The van der Waals surface area contributed by atoms with Gasteiger partial charge >= 0.3 is 12.1 Å². The minimum Gasteiger partial charge on any atom is -0.466 e. The minimum absolute atomic E-state index is 0.221. The quantitative estimate of drug-likeness (QED) is 0.0350. The third kappa shape index (κ3) is 35.4. The number of carbonyl (C=O) groups is 2. The largest absolute Gasteiger partial charge is 0.508 e. The van der Waals surface area contributed by atoms with Gasteiger partial charge in [-0.25, -0.2) is 4.79 Å². The zero-order valence-electron chi connectivity index (χ0n) is 34.5. The summed E-state index contributed by atoms with van der Waals surface area (Å²) in [7, 11) is 0. The van der Waals surface area contributed by atoms with E-state index in [2.05, 4.69) is 39.5 Å². The Balaban J connectivity index is 4.71. The molecule has 0 aromatic carbocycles. The van der Waals surface area contributed by atoms with E-state index in [0.29, 0.717) is 32.7 Å². The lowest BCUT2D eigenvalue weighted by molar-refractivity contribution is -0.159. The van der Waals surface area contributed by atoms with Crippen LogP contribution in [0.4, 0.5) is 4.79 Å². The topological polar surface area (TPSA) is 83.5 Å². The molecule has 51 heavy (non-hydrogen) atoms. The molecule has 8 heteroatoms. The van der Waals surface area contributed by atoms with Crippen molar-refractivity contribution in [2.75, 3.05) is 46.1 Å². The summed E-state index contributed by atoms with van der Waals surface area (Å²) in [5, 5.41) is 0. The summed E-state index contributed by atoms with van der Waals surface area (Å²) in [4.78, 5) is 27.6. The average molecular weight is 728 g/mol. The zero-order valence-corrected chi connectivity index (χ0v) is 34.5. The normalized spacial score (nSPS) is 12.1. The third-order valence-electron chi connectivity index (χ3n) is 9.77. The van der Waals surface area contributed by atoms with Gasteiger partial charge in [0, 0.05) is 32.6 Å². The van der Waals surface area contributed by atoms with Gasteiger partial charge < -0.3 is 28.6 Å². The molecule has 0 amide bonds. The average Bonchev–Trinajstić information content (AvgIpc) is 3.13. The van der Waals surface area contributed by atoms with Crippen LogP contribution < -0.4 is 0 Å². The molecule has 0 aliphatic carbocycles. The van der Waals surface area contributed by atoms with E-state index in [9.17, 15) is 9.59 Å². The van der Waals surface area contributed by atoms with E-state index < -0.39 is 6.16 Å². The molecule has 8 nitrogen and oxygen atoms in total. The molecular formula is C43H85NO7. The van der Waals surface area contributed by atoms with Gasteiger partial charge in [-0.2, -0.15) is 0 Å². The molecule has 0 spiro atoms. The van der Waals surface area contributed by atoms with Gasteiger partial charge in [0.25, 0.3) is 0 Å². The summed E-state index contributed by atoms with van der Waals surface area (Å²) in [5.41, 5.74) is 0. The van der Waals surface area contributed by atoms with Gasteiger partial charge in [0.05, 0.1) is 19.6 Å². The van der Waals surface area contributed by atoms with Crippen LogP contribution in [0.25, 0.3) is 0 Å². The van der Waals surface area contributed by atoms with E-state index in [1.54, 1.807) is 0 Å². The van der Waals surface area contributed by atoms with Gasteiger partial charge in [-0.15, -0.1) is 0 Å². The predicted molar refractivity (Wildman–Crippen MR) is 212 cm³/mol. The lowest BCUT2D eigenvalue weighted by Gasteiger charge is -2.20. The number of unbranched alkanes of at least 4 members (excludes halogenated alkanes) is 19. The van der Waals surface area contributed by atoms with Crippen molar-refractivity contribution in [3.63, 3.8) is 0 Å². The highest BCUT2D eigenvalue weighted by molar-refractivity contribution is 5.69. The standard InChI is InChI=1S/C43H85NO7/c1-6-11-14-17-20-21-22-23-24-27-31-40(51-43(46)50-38-30-35-44(9-4)10-5)34-39-47-41(45)32-33-42(48-36-28-25-18-15-12-7-2)49-37-29-26-19-16-13-8-3/h40,42H,6-39H2,1-5H3. The van der Waals surface area contributed by atoms with Gasteiger partial charge in [-0.05, 0) is 45.2 Å². The Morgan fingerprint density at radius 2 is 0.941 bits per heavy atom. The summed E-state index contributed by atoms with van der Waals surface area (Å²) in [6, 6.07) is 0. The highest BCUT2D eigenvalue weighted by atomic mass is 16.7. The van der Waals surface area contributed by atoms with Crippen molar-refractivity contribution < 1.29 is 33.3 Å². The Bertz CT molecular complexity index is 715. The lowest BCUT2D eigenvalue weighted by Crippen LogP contribution is -2.26. The van der Waals surface area contributed by atoms with Crippen LogP contribution in [-0.2, 0) is 28.5 Å². The van der Waals surface area contributed by atoms with Crippen LogP contribution in [0.1, 0.15) is 208 Å². The number of esters is 1. The van der Waals surface area contributed by atoms with Crippen LogP contribution in [-0.4, -0.2) is 75.5 Å². The molecule has 0 rings (SSSR count). The molecule has 1 atom stereocenters. The van der Waals surface area contributed by atoms with E-state index in [1.165, 1.54) is 116 Å². The number of carbonyl (C=O) groups excluding carboxylic acids is 2. The fraction of sp³-hybridized carbons (Fsp3) is 0.953. The molecule has 0 aromatic heterocycles. The van der Waals surface area contributed by atoms with Gasteiger partial charge in [-0.3, -0.25) is 4.79 Å². The first-order chi connectivity index (χ1) is 25.0. The second-order valence-electron chi connectivity index (χ2n) is 14.4. The van der Waals surface area contributed by atoms with Gasteiger partial charge in [0.1, 0.15) is 6.10 Å². The molecule has 0 aliphatic rings. The maximum atomic E-state index is 12.8. The molecule has 0 bridgehead atoms. The second-order valence-corrected chi connectivity index (χ2v) is 14.4. The smallest absolute Gasteiger partial charge is 0.466 e. The van der Waals surface area contributed by atoms with E-state index >= 15 is 0 Å². The minimum atomic E-state index is -0.620. The molecule has 0 radical (unpaired) electrons. The SMILES string of the molecule is CCCCCCCCCCCCC(CCOC(=O)CCC(OCCCCCCCC)OCCCCCCCC)OC(=O)OCCCN(CC)CC. The molecule has 304 valence electrons. The summed E-state index contributed by atoms with van der Waals surface area (Å²) >= 11 is 0. The Morgan fingerprint density at radius 1 is 0.471 bits per heavy atom. The number of hydrogen-bond acceptors (Lipinski definition) is 8. The number of rotatable bonds is 40. The van der Waals surface area contributed by atoms with Crippen LogP contribution >= 0.6 is 0 Å².